The van der Waals surface area contributed by atoms with Crippen molar-refractivity contribution >= 4 is 27.6 Å². The van der Waals surface area contributed by atoms with Crippen molar-refractivity contribution in [2.24, 2.45) is 0 Å². The molecule has 1 aliphatic rings. The molecule has 184 valence electrons. The van der Waals surface area contributed by atoms with Crippen molar-refractivity contribution in [1.29, 1.82) is 0 Å². The largest absolute Gasteiger partial charge is 0.468 e. The minimum absolute atomic E-state index is 0.0187. The molecule has 1 aliphatic heterocycles. The monoisotopic (exact) mass is 496 g/mol. The van der Waals surface area contributed by atoms with Crippen LogP contribution in [0, 0.1) is 6.92 Å². The van der Waals surface area contributed by atoms with Gasteiger partial charge in [0.1, 0.15) is 5.76 Å². The number of furan rings is 1. The second kappa shape index (κ2) is 10.7. The number of amides is 3. The maximum atomic E-state index is 13.2. The second-order valence-corrected chi connectivity index (χ2v) is 10.2. The molecule has 0 saturated carbocycles. The van der Waals surface area contributed by atoms with E-state index in [1.54, 1.807) is 30.0 Å². The number of urea groups is 1. The van der Waals surface area contributed by atoms with Gasteiger partial charge in [0, 0.05) is 30.4 Å². The molecule has 0 unspecified atom stereocenters. The van der Waals surface area contributed by atoms with Crippen molar-refractivity contribution in [3.05, 3.63) is 83.8 Å². The molecule has 0 radical (unpaired) electrons. The van der Waals surface area contributed by atoms with E-state index in [2.05, 4.69) is 15.4 Å². The number of hydrogen-bond donors (Lipinski definition) is 3. The van der Waals surface area contributed by atoms with E-state index < -0.39 is 10.0 Å². The van der Waals surface area contributed by atoms with E-state index in [-0.39, 0.29) is 29.4 Å². The van der Waals surface area contributed by atoms with Gasteiger partial charge in [-0.25, -0.2) is 17.9 Å². The summed E-state index contributed by atoms with van der Waals surface area (Å²) in [5, 5.41) is 5.75. The third-order valence-electron chi connectivity index (χ3n) is 5.92. The van der Waals surface area contributed by atoms with Crippen LogP contribution in [0.4, 0.5) is 10.5 Å². The Balaban J connectivity index is 1.35. The van der Waals surface area contributed by atoms with Gasteiger partial charge in [0.2, 0.25) is 10.0 Å². The van der Waals surface area contributed by atoms with Crippen molar-refractivity contribution < 1.29 is 22.4 Å². The van der Waals surface area contributed by atoms with Gasteiger partial charge < -0.3 is 20.0 Å². The highest BCUT2D eigenvalue weighted by atomic mass is 32.2. The average molecular weight is 497 g/mol. The van der Waals surface area contributed by atoms with Gasteiger partial charge in [-0.3, -0.25) is 4.79 Å². The molecule has 10 heteroatoms. The fourth-order valence-electron chi connectivity index (χ4n) is 3.93. The number of nitrogens with one attached hydrogen (secondary N) is 3. The zero-order valence-electron chi connectivity index (χ0n) is 19.4. The van der Waals surface area contributed by atoms with Crippen LogP contribution < -0.4 is 15.4 Å². The predicted octanol–water partition coefficient (Wildman–Crippen LogP) is 3.49. The maximum Gasteiger partial charge on any atom is 0.319 e. The Labute approximate surface area is 204 Å². The third kappa shape index (κ3) is 6.28. The first-order chi connectivity index (χ1) is 16.8. The lowest BCUT2D eigenvalue weighted by molar-refractivity contribution is 0.0708. The first kappa shape index (κ1) is 24.5. The highest BCUT2D eigenvalue weighted by molar-refractivity contribution is 7.89. The van der Waals surface area contributed by atoms with Gasteiger partial charge >= 0.3 is 6.03 Å². The smallest absolute Gasteiger partial charge is 0.319 e. The number of aryl methyl sites for hydroxylation is 1. The van der Waals surface area contributed by atoms with Crippen LogP contribution >= 0.6 is 0 Å². The zero-order valence-corrected chi connectivity index (χ0v) is 20.2. The number of sulfonamides is 1. The Morgan fingerprint density at radius 3 is 2.46 bits per heavy atom. The minimum Gasteiger partial charge on any atom is -0.468 e. The number of rotatable bonds is 7. The van der Waals surface area contributed by atoms with Gasteiger partial charge in [0.05, 0.1) is 17.7 Å². The summed E-state index contributed by atoms with van der Waals surface area (Å²) in [5.74, 6) is 0.267. The molecule has 0 bridgehead atoms. The lowest BCUT2D eigenvalue weighted by Gasteiger charge is -2.32. The summed E-state index contributed by atoms with van der Waals surface area (Å²) in [5.41, 5.74) is 1.75. The van der Waals surface area contributed by atoms with Gasteiger partial charge in [-0.1, -0.05) is 24.3 Å². The van der Waals surface area contributed by atoms with Gasteiger partial charge in [-0.2, -0.15) is 0 Å². The van der Waals surface area contributed by atoms with Crippen LogP contribution in [0.3, 0.4) is 0 Å². The van der Waals surface area contributed by atoms with Crippen molar-refractivity contribution in [1.82, 2.24) is 14.9 Å². The molecular weight excluding hydrogens is 468 g/mol. The molecule has 3 amide bonds. The van der Waals surface area contributed by atoms with E-state index in [4.69, 9.17) is 4.42 Å². The van der Waals surface area contributed by atoms with E-state index in [1.807, 2.05) is 30.3 Å². The van der Waals surface area contributed by atoms with E-state index >= 15 is 0 Å². The lowest BCUT2D eigenvalue weighted by atomic mass is 10.0. The highest BCUT2D eigenvalue weighted by Crippen LogP contribution is 2.20. The molecule has 2 aromatic carbocycles. The quantitative estimate of drug-likeness (QED) is 0.462. The van der Waals surface area contributed by atoms with E-state index in [1.165, 1.54) is 18.4 Å². The SMILES string of the molecule is Cc1ccc(S(=O)(=O)NCc2ccco2)cc1C(=O)N1CCC(NC(=O)Nc2ccccc2)CC1. The Morgan fingerprint density at radius 1 is 1.03 bits per heavy atom. The van der Waals surface area contributed by atoms with Gasteiger partial charge in [-0.05, 0) is 61.7 Å². The van der Waals surface area contributed by atoms with Crippen LogP contribution in [-0.2, 0) is 16.6 Å². The van der Waals surface area contributed by atoms with Crippen LogP contribution in [-0.4, -0.2) is 44.4 Å². The topological polar surface area (TPSA) is 121 Å². The number of nitrogens with zero attached hydrogens (tertiary/aromatic N) is 1. The standard InChI is InChI=1S/C25H28N4O5S/c1-18-9-10-22(35(32,33)26-17-21-8-5-15-34-21)16-23(18)24(30)29-13-11-20(12-14-29)28-25(31)27-19-6-3-2-4-7-19/h2-10,15-16,20,26H,11-14,17H2,1H3,(H2,27,28,31). The fraction of sp³-hybridized carbons (Fsp3) is 0.280. The number of carbonyl (C=O) groups is 2. The Bertz CT molecular complexity index is 1270. The first-order valence-corrected chi connectivity index (χ1v) is 12.8. The van der Waals surface area contributed by atoms with E-state index in [0.717, 1.165) is 0 Å². The van der Waals surface area contributed by atoms with Gasteiger partial charge in [0.25, 0.3) is 5.91 Å². The summed E-state index contributed by atoms with van der Waals surface area (Å²) >= 11 is 0. The zero-order chi connectivity index (χ0) is 24.8. The molecule has 1 saturated heterocycles. The number of benzene rings is 2. The molecule has 0 spiro atoms. The summed E-state index contributed by atoms with van der Waals surface area (Å²) in [6.07, 6.45) is 2.69. The first-order valence-electron chi connectivity index (χ1n) is 11.4. The molecule has 0 atom stereocenters. The van der Waals surface area contributed by atoms with E-state index in [0.29, 0.717) is 48.5 Å². The van der Waals surface area contributed by atoms with Crippen molar-refractivity contribution in [2.45, 2.75) is 37.2 Å². The van der Waals surface area contributed by atoms with Crippen LogP contribution in [0.5, 0.6) is 0 Å². The third-order valence-corrected chi connectivity index (χ3v) is 7.31. The van der Waals surface area contributed by atoms with E-state index in [9.17, 15) is 18.0 Å². The van der Waals surface area contributed by atoms with Crippen LogP contribution in [0.25, 0.3) is 0 Å². The Hall–Kier alpha value is -3.63. The number of likely N-dealkylation sites (tertiary alicyclic amines) is 1. The normalized spacial score (nSPS) is 14.5. The lowest BCUT2D eigenvalue weighted by Crippen LogP contribution is -2.47. The molecule has 4 rings (SSSR count). The average Bonchev–Trinajstić information content (AvgIpc) is 3.37. The molecule has 0 aliphatic carbocycles. The summed E-state index contributed by atoms with van der Waals surface area (Å²) < 4.78 is 33.1. The number of para-hydroxylation sites is 1. The van der Waals surface area contributed by atoms with Gasteiger partial charge in [0.15, 0.2) is 0 Å². The van der Waals surface area contributed by atoms with Crippen LogP contribution in [0.2, 0.25) is 0 Å². The summed E-state index contributed by atoms with van der Waals surface area (Å²) in [6, 6.07) is 16.7. The molecular formula is C25H28N4O5S. The number of anilines is 1. The minimum atomic E-state index is -3.82. The summed E-state index contributed by atoms with van der Waals surface area (Å²) in [4.78, 5) is 27.2. The van der Waals surface area contributed by atoms with Crippen molar-refractivity contribution in [3.63, 3.8) is 0 Å². The summed E-state index contributed by atoms with van der Waals surface area (Å²) in [6.45, 7) is 2.72. The second-order valence-electron chi connectivity index (χ2n) is 8.41. The van der Waals surface area contributed by atoms with Crippen LogP contribution in [0.1, 0.15) is 34.5 Å². The van der Waals surface area contributed by atoms with Gasteiger partial charge in [-0.15, -0.1) is 0 Å². The molecule has 3 N–H and O–H groups in total. The maximum absolute atomic E-state index is 13.2. The highest BCUT2D eigenvalue weighted by Gasteiger charge is 2.26. The molecule has 9 nitrogen and oxygen atoms in total. The molecule has 3 aromatic rings. The Morgan fingerprint density at radius 2 is 1.77 bits per heavy atom. The number of hydrogen-bond acceptors (Lipinski definition) is 5. The fourth-order valence-corrected chi connectivity index (χ4v) is 4.95. The molecule has 35 heavy (non-hydrogen) atoms. The number of piperidine rings is 1. The van der Waals surface area contributed by atoms with Crippen molar-refractivity contribution in [3.8, 4) is 0 Å². The molecule has 2 heterocycles. The summed E-state index contributed by atoms with van der Waals surface area (Å²) in [7, 11) is -3.82. The Kier molecular flexibility index (Phi) is 7.52. The molecule has 1 fully saturated rings. The number of carbonyl (C=O) groups excluding carboxylic acids is 2. The van der Waals surface area contributed by atoms with Crippen molar-refractivity contribution in [2.75, 3.05) is 18.4 Å². The predicted molar refractivity (Wildman–Crippen MR) is 131 cm³/mol. The van der Waals surface area contributed by atoms with Crippen LogP contribution in [0.15, 0.2) is 76.2 Å². The molecule has 1 aromatic heterocycles.